The summed E-state index contributed by atoms with van der Waals surface area (Å²) in [7, 11) is 0. The number of ether oxygens (including phenoxy) is 1. The van der Waals surface area contributed by atoms with Gasteiger partial charge in [0.15, 0.2) is 0 Å². The van der Waals surface area contributed by atoms with Gasteiger partial charge in [-0.3, -0.25) is 9.89 Å². The van der Waals surface area contributed by atoms with E-state index in [0.717, 1.165) is 17.0 Å². The molecule has 3 rings (SSSR count). The lowest BCUT2D eigenvalue weighted by atomic mass is 10.1. The Hall–Kier alpha value is -1.80. The van der Waals surface area contributed by atoms with E-state index in [2.05, 4.69) is 15.1 Å². The first-order chi connectivity index (χ1) is 11.3. The highest BCUT2D eigenvalue weighted by Crippen LogP contribution is 2.17. The summed E-state index contributed by atoms with van der Waals surface area (Å²) in [5.41, 5.74) is 2.96. The number of fused-ring (bicyclic) bond motifs is 1. The number of morpholine rings is 1. The molecule has 1 amide bonds. The fourth-order valence-corrected chi connectivity index (χ4v) is 3.54. The molecular weight excluding hydrogens is 326 g/mol. The van der Waals surface area contributed by atoms with Crippen LogP contribution in [0.5, 0.6) is 0 Å². The van der Waals surface area contributed by atoms with Crippen LogP contribution in [-0.2, 0) is 16.0 Å². The second-order valence-electron chi connectivity index (χ2n) is 6.48. The van der Waals surface area contributed by atoms with Crippen molar-refractivity contribution in [1.82, 2.24) is 24.5 Å². The van der Waals surface area contributed by atoms with Crippen LogP contribution in [0.3, 0.4) is 0 Å². The van der Waals surface area contributed by atoms with Gasteiger partial charge in [0.1, 0.15) is 0 Å². The van der Waals surface area contributed by atoms with Gasteiger partial charge in [-0.1, -0.05) is 0 Å². The second-order valence-corrected chi connectivity index (χ2v) is 6.87. The third-order valence-electron chi connectivity index (χ3n) is 4.45. The molecule has 0 radical (unpaired) electrons. The number of nitrogens with zero attached hydrogens (tertiary/aromatic N) is 4. The molecule has 1 fully saturated rings. The Morgan fingerprint density at radius 1 is 1.29 bits per heavy atom. The Bertz CT molecular complexity index is 818. The maximum Gasteiger partial charge on any atom is 0.252 e. The van der Waals surface area contributed by atoms with E-state index in [1.54, 1.807) is 4.52 Å². The van der Waals surface area contributed by atoms with Gasteiger partial charge in [0.25, 0.3) is 5.78 Å². The fraction of sp³-hybridized carbons (Fsp3) is 0.625. The number of H-pyrrole nitrogens is 1. The summed E-state index contributed by atoms with van der Waals surface area (Å²) in [5, 5.41) is 3.00. The molecule has 0 spiro atoms. The van der Waals surface area contributed by atoms with Crippen LogP contribution in [0.15, 0.2) is 0 Å². The number of carbonyl (C=O) groups excluding carboxylic acids is 1. The van der Waals surface area contributed by atoms with E-state index in [1.807, 2.05) is 32.6 Å². The standard InChI is InChI=1S/C16H23N5O2S/c1-9-7-20(8-10(2)23-9)14(22)6-5-13-11(3)17-15-18-16(24)19-21(15)12(13)4/h9-10H,5-8H2,1-4H3,(H,19,24). The molecule has 24 heavy (non-hydrogen) atoms. The van der Waals surface area contributed by atoms with Crippen LogP contribution < -0.4 is 0 Å². The lowest BCUT2D eigenvalue weighted by Crippen LogP contribution is -2.48. The highest BCUT2D eigenvalue weighted by molar-refractivity contribution is 7.71. The Morgan fingerprint density at radius 3 is 2.62 bits per heavy atom. The first-order valence-electron chi connectivity index (χ1n) is 8.23. The van der Waals surface area contributed by atoms with Crippen molar-refractivity contribution in [2.75, 3.05) is 13.1 Å². The Morgan fingerprint density at radius 2 is 1.96 bits per heavy atom. The summed E-state index contributed by atoms with van der Waals surface area (Å²) in [6, 6.07) is 0. The molecule has 2 aromatic rings. The number of carbonyl (C=O) groups is 1. The van der Waals surface area contributed by atoms with Crippen molar-refractivity contribution < 1.29 is 9.53 Å². The molecule has 8 heteroatoms. The molecule has 0 saturated carbocycles. The third kappa shape index (κ3) is 3.34. The monoisotopic (exact) mass is 349 g/mol. The molecule has 2 aromatic heterocycles. The van der Waals surface area contributed by atoms with Gasteiger partial charge in [-0.15, -0.1) is 0 Å². The lowest BCUT2D eigenvalue weighted by Gasteiger charge is -2.35. The van der Waals surface area contributed by atoms with Crippen molar-refractivity contribution in [1.29, 1.82) is 0 Å². The molecule has 0 aromatic carbocycles. The van der Waals surface area contributed by atoms with E-state index in [9.17, 15) is 4.79 Å². The van der Waals surface area contributed by atoms with Gasteiger partial charge < -0.3 is 9.64 Å². The van der Waals surface area contributed by atoms with Crippen LogP contribution in [0.2, 0.25) is 0 Å². The molecular formula is C16H23N5O2S. The Kier molecular flexibility index (Phi) is 4.69. The lowest BCUT2D eigenvalue weighted by molar-refractivity contribution is -0.143. The molecule has 1 saturated heterocycles. The largest absolute Gasteiger partial charge is 0.372 e. The fourth-order valence-electron chi connectivity index (χ4n) is 3.37. The van der Waals surface area contributed by atoms with Crippen molar-refractivity contribution in [3.63, 3.8) is 0 Å². The molecule has 7 nitrogen and oxygen atoms in total. The summed E-state index contributed by atoms with van der Waals surface area (Å²) in [5.74, 6) is 0.732. The highest BCUT2D eigenvalue weighted by Gasteiger charge is 2.25. The van der Waals surface area contributed by atoms with Gasteiger partial charge in [0.2, 0.25) is 10.7 Å². The zero-order chi connectivity index (χ0) is 17.4. The van der Waals surface area contributed by atoms with Crippen molar-refractivity contribution in [2.24, 2.45) is 0 Å². The van der Waals surface area contributed by atoms with Crippen LogP contribution in [0, 0.1) is 18.6 Å². The topological polar surface area (TPSA) is 75.5 Å². The van der Waals surface area contributed by atoms with Gasteiger partial charge in [-0.05, 0) is 51.9 Å². The van der Waals surface area contributed by atoms with Crippen LogP contribution in [-0.4, -0.2) is 55.7 Å². The number of aromatic nitrogens is 4. The van der Waals surface area contributed by atoms with Crippen molar-refractivity contribution >= 4 is 23.9 Å². The van der Waals surface area contributed by atoms with Crippen LogP contribution in [0.4, 0.5) is 0 Å². The predicted molar refractivity (Wildman–Crippen MR) is 92.6 cm³/mol. The maximum absolute atomic E-state index is 12.6. The normalized spacial score (nSPS) is 21.4. The summed E-state index contributed by atoms with van der Waals surface area (Å²) in [6.45, 7) is 9.27. The Labute approximate surface area is 146 Å². The SMILES string of the molecule is Cc1nc2nc(=S)[nH]n2c(C)c1CCC(=O)N1CC(C)OC(C)C1. The molecule has 3 heterocycles. The molecule has 2 atom stereocenters. The van der Waals surface area contributed by atoms with Gasteiger partial charge in [-0.2, -0.15) is 4.98 Å². The van der Waals surface area contributed by atoms with E-state index in [4.69, 9.17) is 17.0 Å². The van der Waals surface area contributed by atoms with Crippen molar-refractivity contribution in [3.05, 3.63) is 21.7 Å². The van der Waals surface area contributed by atoms with Crippen molar-refractivity contribution in [2.45, 2.75) is 52.7 Å². The zero-order valence-electron chi connectivity index (χ0n) is 14.5. The van der Waals surface area contributed by atoms with Gasteiger partial charge >= 0.3 is 0 Å². The first-order valence-corrected chi connectivity index (χ1v) is 8.64. The van der Waals surface area contributed by atoms with E-state index in [0.29, 0.717) is 36.5 Å². The number of rotatable bonds is 3. The summed E-state index contributed by atoms with van der Waals surface area (Å²) < 4.78 is 7.89. The van der Waals surface area contributed by atoms with Gasteiger partial charge in [0, 0.05) is 30.9 Å². The van der Waals surface area contributed by atoms with E-state index >= 15 is 0 Å². The van der Waals surface area contributed by atoms with E-state index < -0.39 is 0 Å². The van der Waals surface area contributed by atoms with E-state index in [1.165, 1.54) is 0 Å². The molecule has 130 valence electrons. The predicted octanol–water partition coefficient (Wildman–Crippen LogP) is 1.97. The first kappa shape index (κ1) is 17.0. The molecule has 1 aliphatic heterocycles. The summed E-state index contributed by atoms with van der Waals surface area (Å²) in [6.07, 6.45) is 1.29. The van der Waals surface area contributed by atoms with Crippen LogP contribution >= 0.6 is 12.2 Å². The number of amides is 1. The van der Waals surface area contributed by atoms with Gasteiger partial charge in [-0.25, -0.2) is 9.50 Å². The molecule has 0 aliphatic carbocycles. The molecule has 1 aliphatic rings. The average molecular weight is 349 g/mol. The minimum Gasteiger partial charge on any atom is -0.372 e. The third-order valence-corrected chi connectivity index (χ3v) is 4.63. The van der Waals surface area contributed by atoms with Gasteiger partial charge in [0.05, 0.1) is 12.2 Å². The van der Waals surface area contributed by atoms with E-state index in [-0.39, 0.29) is 18.1 Å². The maximum atomic E-state index is 12.6. The number of hydrogen-bond donors (Lipinski definition) is 1. The molecule has 2 unspecified atom stereocenters. The smallest absolute Gasteiger partial charge is 0.252 e. The number of hydrogen-bond acceptors (Lipinski definition) is 5. The summed E-state index contributed by atoms with van der Waals surface area (Å²) in [4.78, 5) is 23.1. The Balaban J connectivity index is 1.75. The number of nitrogens with one attached hydrogen (secondary N) is 1. The van der Waals surface area contributed by atoms with Crippen LogP contribution in [0.1, 0.15) is 37.2 Å². The van der Waals surface area contributed by atoms with Crippen LogP contribution in [0.25, 0.3) is 5.78 Å². The quantitative estimate of drug-likeness (QED) is 0.858. The second kappa shape index (κ2) is 6.60. The number of aryl methyl sites for hydroxylation is 2. The zero-order valence-corrected chi connectivity index (χ0v) is 15.3. The highest BCUT2D eigenvalue weighted by atomic mass is 32.1. The molecule has 1 N–H and O–H groups in total. The molecule has 0 bridgehead atoms. The summed E-state index contributed by atoms with van der Waals surface area (Å²) >= 11 is 5.07. The minimum absolute atomic E-state index is 0.0882. The average Bonchev–Trinajstić information content (AvgIpc) is 2.86. The number of aromatic amines is 1. The minimum atomic E-state index is 0.0882. The van der Waals surface area contributed by atoms with Crippen molar-refractivity contribution in [3.8, 4) is 0 Å².